The van der Waals surface area contributed by atoms with Crippen molar-refractivity contribution in [3.05, 3.63) is 59.4 Å². The zero-order valence-electron chi connectivity index (χ0n) is 20.1. The van der Waals surface area contributed by atoms with E-state index in [4.69, 9.17) is 9.47 Å². The average molecular weight is 469 g/mol. The van der Waals surface area contributed by atoms with Crippen molar-refractivity contribution in [1.29, 1.82) is 0 Å². The summed E-state index contributed by atoms with van der Waals surface area (Å²) < 4.78 is 13.6. The Kier molecular flexibility index (Phi) is 8.38. The van der Waals surface area contributed by atoms with Crippen LogP contribution in [0, 0.1) is 19.8 Å². The maximum Gasteiger partial charge on any atom is 0.234 e. The van der Waals surface area contributed by atoms with Gasteiger partial charge in [-0.1, -0.05) is 43.8 Å². The van der Waals surface area contributed by atoms with Crippen molar-refractivity contribution in [2.45, 2.75) is 52.4 Å². The predicted molar refractivity (Wildman–Crippen MR) is 132 cm³/mol. The second-order valence-electron chi connectivity index (χ2n) is 8.39. The fourth-order valence-corrected chi connectivity index (χ4v) is 4.10. The van der Waals surface area contributed by atoms with Crippen LogP contribution in [0.4, 0.5) is 5.69 Å². The third kappa shape index (κ3) is 6.51. The maximum atomic E-state index is 12.5. The molecule has 0 saturated heterocycles. The van der Waals surface area contributed by atoms with Crippen LogP contribution in [0.3, 0.4) is 0 Å². The van der Waals surface area contributed by atoms with E-state index < -0.39 is 0 Å². The number of para-hydroxylation sites is 2. The number of aryl methyl sites for hydroxylation is 2. The average Bonchev–Trinajstić information content (AvgIpc) is 3.17. The predicted octanol–water partition coefficient (Wildman–Crippen LogP) is 5.43. The summed E-state index contributed by atoms with van der Waals surface area (Å²) >= 11 is 1.37. The number of rotatable bonds is 10. The molecule has 0 radical (unpaired) electrons. The zero-order chi connectivity index (χ0) is 24.0. The van der Waals surface area contributed by atoms with E-state index >= 15 is 0 Å². The molecule has 1 amide bonds. The van der Waals surface area contributed by atoms with E-state index in [0.717, 1.165) is 17.8 Å². The zero-order valence-corrected chi connectivity index (χ0v) is 20.9. The minimum absolute atomic E-state index is 0.0813. The van der Waals surface area contributed by atoms with Crippen LogP contribution in [0.1, 0.15) is 43.8 Å². The van der Waals surface area contributed by atoms with E-state index in [9.17, 15) is 4.79 Å². The molecule has 0 aliphatic rings. The van der Waals surface area contributed by atoms with E-state index in [2.05, 4.69) is 36.3 Å². The first kappa shape index (κ1) is 24.6. The number of amides is 1. The molecule has 1 atom stereocenters. The summed E-state index contributed by atoms with van der Waals surface area (Å²) in [4.78, 5) is 12.5. The number of benzene rings is 2. The molecule has 33 heavy (non-hydrogen) atoms. The van der Waals surface area contributed by atoms with Crippen LogP contribution < -0.4 is 14.8 Å². The molecule has 0 fully saturated rings. The first-order valence-corrected chi connectivity index (χ1v) is 12.0. The highest BCUT2D eigenvalue weighted by atomic mass is 32.2. The van der Waals surface area contributed by atoms with Crippen LogP contribution >= 0.6 is 11.8 Å². The Hall–Kier alpha value is -3.00. The number of nitrogens with one attached hydrogen (secondary N) is 1. The maximum absolute atomic E-state index is 12.5. The normalized spacial score (nSPS) is 12.0. The number of nitrogens with zero attached hydrogens (tertiary/aromatic N) is 3. The molecule has 0 saturated carbocycles. The first-order valence-electron chi connectivity index (χ1n) is 11.0. The Bertz CT molecular complexity index is 1100. The minimum atomic E-state index is -0.341. The molecule has 3 rings (SSSR count). The Morgan fingerprint density at radius 3 is 2.45 bits per heavy atom. The molecule has 0 bridgehead atoms. The third-order valence-electron chi connectivity index (χ3n) is 5.15. The molecular weight excluding hydrogens is 436 g/mol. The number of ether oxygens (including phenoxy) is 2. The van der Waals surface area contributed by atoms with E-state index in [1.807, 2.05) is 60.9 Å². The summed E-state index contributed by atoms with van der Waals surface area (Å²) in [5.41, 5.74) is 3.14. The molecule has 1 N–H and O–H groups in total. The van der Waals surface area contributed by atoms with E-state index in [0.29, 0.717) is 28.4 Å². The van der Waals surface area contributed by atoms with Crippen molar-refractivity contribution in [1.82, 2.24) is 14.8 Å². The van der Waals surface area contributed by atoms with Gasteiger partial charge in [0.25, 0.3) is 0 Å². The smallest absolute Gasteiger partial charge is 0.234 e. The Morgan fingerprint density at radius 1 is 1.06 bits per heavy atom. The van der Waals surface area contributed by atoms with Crippen LogP contribution in [0.15, 0.2) is 47.6 Å². The summed E-state index contributed by atoms with van der Waals surface area (Å²) in [6, 6.07) is 13.4. The molecule has 1 aromatic heterocycles. The number of anilines is 1. The lowest BCUT2D eigenvalue weighted by Crippen LogP contribution is -2.17. The molecule has 1 unspecified atom stereocenters. The number of hydrogen-bond donors (Lipinski definition) is 1. The summed E-state index contributed by atoms with van der Waals surface area (Å²) in [6.45, 7) is 11.0. The fraction of sp³-hybridized carbons (Fsp3) is 0.400. The van der Waals surface area contributed by atoms with Gasteiger partial charge in [0, 0.05) is 12.2 Å². The lowest BCUT2D eigenvalue weighted by molar-refractivity contribution is -0.113. The van der Waals surface area contributed by atoms with Gasteiger partial charge in [-0.05, 0) is 62.1 Å². The fourth-order valence-electron chi connectivity index (χ4n) is 3.35. The molecule has 1 heterocycles. The van der Waals surface area contributed by atoms with Gasteiger partial charge in [-0.2, -0.15) is 0 Å². The molecule has 7 nitrogen and oxygen atoms in total. The summed E-state index contributed by atoms with van der Waals surface area (Å²) in [5, 5.41) is 12.4. The number of methoxy groups -OCH3 is 1. The monoisotopic (exact) mass is 468 g/mol. The molecule has 0 aliphatic heterocycles. The lowest BCUT2D eigenvalue weighted by atomic mass is 10.1. The Morgan fingerprint density at radius 2 is 1.79 bits per heavy atom. The van der Waals surface area contributed by atoms with Crippen LogP contribution in [0.25, 0.3) is 0 Å². The molecule has 176 valence electrons. The highest BCUT2D eigenvalue weighted by molar-refractivity contribution is 7.99. The second-order valence-corrected chi connectivity index (χ2v) is 9.33. The van der Waals surface area contributed by atoms with Crippen molar-refractivity contribution in [3.8, 4) is 11.5 Å². The SMILES string of the molecule is COc1ccccc1OC(C)c1nnc(SCC(=O)Nc2ccc(C)c(C)c2)n1CC(C)C. The van der Waals surface area contributed by atoms with Gasteiger partial charge in [-0.3, -0.25) is 4.79 Å². The van der Waals surface area contributed by atoms with Gasteiger partial charge in [-0.25, -0.2) is 0 Å². The molecule has 8 heteroatoms. The third-order valence-corrected chi connectivity index (χ3v) is 6.12. The molecule has 3 aromatic rings. The van der Waals surface area contributed by atoms with Crippen LogP contribution in [0.2, 0.25) is 0 Å². The first-order chi connectivity index (χ1) is 15.8. The van der Waals surface area contributed by atoms with E-state index in [1.54, 1.807) is 7.11 Å². The standard InChI is InChI=1S/C25H32N4O3S/c1-16(2)14-29-24(19(5)32-22-10-8-7-9-21(22)31-6)27-28-25(29)33-15-23(30)26-20-12-11-17(3)18(4)13-20/h7-13,16,19H,14-15H2,1-6H3,(H,26,30). The summed E-state index contributed by atoms with van der Waals surface area (Å²) in [5.74, 6) is 2.56. The highest BCUT2D eigenvalue weighted by Crippen LogP contribution is 2.31. The van der Waals surface area contributed by atoms with Gasteiger partial charge < -0.3 is 19.4 Å². The van der Waals surface area contributed by atoms with Gasteiger partial charge in [0.1, 0.15) is 0 Å². The van der Waals surface area contributed by atoms with Crippen molar-refractivity contribution >= 4 is 23.4 Å². The van der Waals surface area contributed by atoms with Gasteiger partial charge in [0.05, 0.1) is 12.9 Å². The second kappa shape index (κ2) is 11.2. The van der Waals surface area contributed by atoms with Gasteiger partial charge >= 0.3 is 0 Å². The number of carbonyl (C=O) groups excluding carboxylic acids is 1. The topological polar surface area (TPSA) is 78.3 Å². The van der Waals surface area contributed by atoms with Crippen molar-refractivity contribution in [2.75, 3.05) is 18.2 Å². The summed E-state index contributed by atoms with van der Waals surface area (Å²) in [6.07, 6.45) is -0.341. The molecule has 2 aromatic carbocycles. The van der Waals surface area contributed by atoms with Crippen molar-refractivity contribution in [3.63, 3.8) is 0 Å². The Balaban J connectivity index is 1.71. The number of carbonyl (C=O) groups is 1. The van der Waals surface area contributed by atoms with Gasteiger partial charge in [0.2, 0.25) is 5.91 Å². The van der Waals surface area contributed by atoms with Crippen LogP contribution in [-0.4, -0.2) is 33.5 Å². The van der Waals surface area contributed by atoms with Crippen LogP contribution in [-0.2, 0) is 11.3 Å². The molecule has 0 spiro atoms. The lowest BCUT2D eigenvalue weighted by Gasteiger charge is -2.19. The van der Waals surface area contributed by atoms with Crippen molar-refractivity contribution < 1.29 is 14.3 Å². The van der Waals surface area contributed by atoms with Crippen LogP contribution in [0.5, 0.6) is 11.5 Å². The number of thioether (sulfide) groups is 1. The number of hydrogen-bond acceptors (Lipinski definition) is 6. The minimum Gasteiger partial charge on any atom is -0.493 e. The van der Waals surface area contributed by atoms with Crippen molar-refractivity contribution in [2.24, 2.45) is 5.92 Å². The van der Waals surface area contributed by atoms with E-state index in [-0.39, 0.29) is 17.8 Å². The molecule has 0 aliphatic carbocycles. The number of aromatic nitrogens is 3. The van der Waals surface area contributed by atoms with E-state index in [1.165, 1.54) is 17.3 Å². The largest absolute Gasteiger partial charge is 0.493 e. The quantitative estimate of drug-likeness (QED) is 0.400. The van der Waals surface area contributed by atoms with Gasteiger partial charge in [0.15, 0.2) is 28.6 Å². The van der Waals surface area contributed by atoms with Gasteiger partial charge in [-0.15, -0.1) is 10.2 Å². The molecular formula is C25H32N4O3S. The Labute approximate surface area is 199 Å². The highest BCUT2D eigenvalue weighted by Gasteiger charge is 2.22. The summed E-state index contributed by atoms with van der Waals surface area (Å²) in [7, 11) is 1.62.